The molecule has 1 radical (unpaired) electrons. The molecule has 6 rings (SSSR count). The maximum absolute atomic E-state index is 12.8. The number of halogens is 7. The van der Waals surface area contributed by atoms with Gasteiger partial charge in [-0.3, -0.25) is 0 Å². The van der Waals surface area contributed by atoms with E-state index in [1.165, 1.54) is 64.3 Å². The van der Waals surface area contributed by atoms with Gasteiger partial charge in [0.2, 0.25) is 0 Å². The van der Waals surface area contributed by atoms with Crippen LogP contribution in [0.3, 0.4) is 0 Å². The standard InChI is InChI=1S/C21H24BF3NO4.C20H16F3N3O2.C5H5BrN2/c1-19(2,28)20(3,4)30-22-16-12-13(18(27)29-5)6-11-17(16)26-15-9-7-14(8-10-15)21(23,24)25;1-28-19(27)13-2-7-17(16(10-13)12-8-9-25-18(24)11-12)26-15-5-3-14(4-6-15)20(21,22)23;6-4-1-2-8-5(7)3-4/h6-12,26,28H,1-5H3;2-11,26H,1H3,(H2,24,25);1-3H,(H2,7,8). The molecule has 0 aliphatic heterocycles. The lowest BCUT2D eigenvalue weighted by Crippen LogP contribution is -2.49. The van der Waals surface area contributed by atoms with Gasteiger partial charge in [-0.15, -0.1) is 0 Å². The van der Waals surface area contributed by atoms with Gasteiger partial charge in [-0.2, -0.15) is 26.3 Å². The lowest BCUT2D eigenvalue weighted by Gasteiger charge is -2.37. The van der Waals surface area contributed by atoms with Gasteiger partial charge >= 0.3 is 31.8 Å². The summed E-state index contributed by atoms with van der Waals surface area (Å²) >= 11 is 3.24. The largest absolute Gasteiger partial charge is 0.465 e. The molecule has 6 aromatic rings. The summed E-state index contributed by atoms with van der Waals surface area (Å²) in [6, 6.07) is 25.6. The number of esters is 2. The van der Waals surface area contributed by atoms with Gasteiger partial charge in [-0.1, -0.05) is 15.9 Å². The molecule has 0 saturated carbocycles. The first-order valence-electron chi connectivity index (χ1n) is 19.5. The van der Waals surface area contributed by atoms with E-state index < -0.39 is 46.6 Å². The summed E-state index contributed by atoms with van der Waals surface area (Å²) in [6.45, 7) is 6.62. The Labute approximate surface area is 386 Å². The number of anilines is 6. The Kier molecular flexibility index (Phi) is 17.4. The number of aliphatic hydroxyl groups is 1. The summed E-state index contributed by atoms with van der Waals surface area (Å²) in [5.74, 6) is -0.224. The minimum Gasteiger partial charge on any atom is -0.465 e. The SMILES string of the molecule is COC(=O)c1ccc(Nc2ccc(C(F)(F)F)cc2)c(-c2ccnc(N)c2)c1.COC(=O)c1ccc(Nc2ccc(C(F)(F)F)cc2)c([B]OC(C)(C)C(C)(C)O)c1.Nc1cc(Br)ccn1. The van der Waals surface area contributed by atoms with Crippen LogP contribution in [0.1, 0.15) is 59.5 Å². The number of carbonyl (C=O) groups is 2. The van der Waals surface area contributed by atoms with Crippen LogP contribution in [-0.2, 0) is 26.5 Å². The molecule has 0 spiro atoms. The van der Waals surface area contributed by atoms with Crippen molar-refractivity contribution in [3.8, 4) is 11.1 Å². The van der Waals surface area contributed by atoms with E-state index in [1.54, 1.807) is 76.4 Å². The molecule has 2 heterocycles. The van der Waals surface area contributed by atoms with E-state index in [0.717, 1.165) is 28.7 Å². The summed E-state index contributed by atoms with van der Waals surface area (Å²) in [4.78, 5) is 31.5. The smallest absolute Gasteiger partial charge is 0.416 e. The van der Waals surface area contributed by atoms with E-state index in [9.17, 15) is 41.0 Å². The molecule has 2 aromatic heterocycles. The van der Waals surface area contributed by atoms with Gasteiger partial charge in [0.25, 0.3) is 0 Å². The highest BCUT2D eigenvalue weighted by Crippen LogP contribution is 2.35. The number of methoxy groups -OCH3 is 2. The highest BCUT2D eigenvalue weighted by Gasteiger charge is 2.36. The highest BCUT2D eigenvalue weighted by molar-refractivity contribution is 9.10. The average Bonchev–Trinajstić information content (AvgIpc) is 3.25. The fourth-order valence-electron chi connectivity index (χ4n) is 5.34. The first-order chi connectivity index (χ1) is 30.8. The van der Waals surface area contributed by atoms with E-state index in [1.807, 2.05) is 6.07 Å². The number of aromatic nitrogens is 2. The number of rotatable bonds is 11. The quantitative estimate of drug-likeness (QED) is 0.0471. The minimum atomic E-state index is -4.42. The molecule has 0 atom stereocenters. The van der Waals surface area contributed by atoms with Gasteiger partial charge < -0.3 is 41.3 Å². The Morgan fingerprint density at radius 1 is 0.636 bits per heavy atom. The van der Waals surface area contributed by atoms with Gasteiger partial charge in [0.05, 0.1) is 47.7 Å². The molecule has 66 heavy (non-hydrogen) atoms. The number of hydrogen-bond acceptors (Lipinski definition) is 12. The topological polar surface area (TPSA) is 184 Å². The van der Waals surface area contributed by atoms with Crippen molar-refractivity contribution in [2.45, 2.75) is 51.2 Å². The zero-order chi connectivity index (χ0) is 49.0. The Bertz CT molecular complexity index is 2580. The second-order valence-corrected chi connectivity index (χ2v) is 16.0. The van der Waals surface area contributed by atoms with Crippen molar-refractivity contribution in [3.05, 3.63) is 148 Å². The van der Waals surface area contributed by atoms with E-state index in [2.05, 4.69) is 36.5 Å². The number of pyridine rings is 2. The molecule has 0 aliphatic rings. The predicted octanol–water partition coefficient (Wildman–Crippen LogP) is 10.4. The monoisotopic (exact) mass is 981 g/mol. The molecule has 4 aromatic carbocycles. The molecule has 0 saturated heterocycles. The fourth-order valence-corrected chi connectivity index (χ4v) is 5.70. The Hall–Kier alpha value is -6.64. The maximum Gasteiger partial charge on any atom is 0.416 e. The first kappa shape index (κ1) is 52.0. The van der Waals surface area contributed by atoms with E-state index >= 15 is 0 Å². The molecule has 12 nitrogen and oxygen atoms in total. The van der Waals surface area contributed by atoms with Crippen molar-refractivity contribution in [1.29, 1.82) is 0 Å². The Morgan fingerprint density at radius 3 is 1.52 bits per heavy atom. The normalized spacial score (nSPS) is 11.5. The number of nitrogen functional groups attached to an aromatic ring is 2. The second kappa shape index (κ2) is 22.0. The van der Waals surface area contributed by atoms with Gasteiger partial charge in [0.15, 0.2) is 0 Å². The van der Waals surface area contributed by atoms with Crippen LogP contribution in [0.15, 0.2) is 126 Å². The summed E-state index contributed by atoms with van der Waals surface area (Å²) in [6.07, 6.45) is -5.65. The van der Waals surface area contributed by atoms with Gasteiger partial charge in [-0.05, 0) is 148 Å². The molecular weight excluding hydrogens is 937 g/mol. The molecular formula is C46H45BBrF6N6O6. The third-order valence-corrected chi connectivity index (χ3v) is 10.2. The van der Waals surface area contributed by atoms with Crippen LogP contribution in [0, 0.1) is 0 Å². The zero-order valence-electron chi connectivity index (χ0n) is 36.3. The number of ether oxygens (including phenoxy) is 2. The van der Waals surface area contributed by atoms with E-state index in [4.69, 9.17) is 25.6 Å². The van der Waals surface area contributed by atoms with Crippen molar-refractivity contribution < 1.29 is 55.2 Å². The van der Waals surface area contributed by atoms with E-state index in [-0.39, 0.29) is 5.56 Å². The molecule has 0 amide bonds. The third-order valence-electron chi connectivity index (χ3n) is 9.68. The number of hydrogen-bond donors (Lipinski definition) is 5. The molecule has 0 bridgehead atoms. The molecule has 0 aliphatic carbocycles. The van der Waals surface area contributed by atoms with Gasteiger partial charge in [-0.25, -0.2) is 19.6 Å². The summed E-state index contributed by atoms with van der Waals surface area (Å²) in [7, 11) is 3.92. The van der Waals surface area contributed by atoms with Gasteiger partial charge in [0.1, 0.15) is 11.6 Å². The van der Waals surface area contributed by atoms with Crippen LogP contribution in [0.25, 0.3) is 11.1 Å². The lowest BCUT2D eigenvalue weighted by molar-refractivity contribution is -0.138. The fraction of sp³-hybridized carbons (Fsp3) is 0.217. The Balaban J connectivity index is 0.000000247. The van der Waals surface area contributed by atoms with Crippen LogP contribution in [0.5, 0.6) is 0 Å². The maximum atomic E-state index is 12.8. The number of nitrogens with zero attached hydrogens (tertiary/aromatic N) is 2. The van der Waals surface area contributed by atoms with Crippen LogP contribution in [-0.4, -0.2) is 59.9 Å². The van der Waals surface area contributed by atoms with Crippen LogP contribution in [0.2, 0.25) is 0 Å². The molecule has 20 heteroatoms. The first-order valence-corrected chi connectivity index (χ1v) is 20.3. The van der Waals surface area contributed by atoms with Gasteiger partial charge in [0, 0.05) is 45.2 Å². The van der Waals surface area contributed by atoms with Crippen molar-refractivity contribution in [1.82, 2.24) is 9.97 Å². The average molecular weight is 983 g/mol. The Morgan fingerprint density at radius 2 is 1.09 bits per heavy atom. The number of benzene rings is 4. The zero-order valence-corrected chi connectivity index (χ0v) is 37.9. The number of nitrogens with two attached hydrogens (primary N) is 2. The summed E-state index contributed by atoms with van der Waals surface area (Å²) < 4.78 is 92.7. The number of alkyl halides is 6. The van der Waals surface area contributed by atoms with Crippen molar-refractivity contribution >= 4 is 75.2 Å². The summed E-state index contributed by atoms with van der Waals surface area (Å²) in [5, 5.41) is 16.4. The molecule has 7 N–H and O–H groups in total. The highest BCUT2D eigenvalue weighted by atomic mass is 79.9. The minimum absolute atomic E-state index is 0.270. The van der Waals surface area contributed by atoms with Crippen LogP contribution >= 0.6 is 15.9 Å². The summed E-state index contributed by atoms with van der Waals surface area (Å²) in [5.41, 5.74) is 11.8. The van der Waals surface area contributed by atoms with Crippen LogP contribution < -0.4 is 27.6 Å². The molecule has 347 valence electrons. The van der Waals surface area contributed by atoms with Crippen molar-refractivity contribution in [3.63, 3.8) is 0 Å². The number of carbonyl (C=O) groups excluding carboxylic acids is 2. The van der Waals surface area contributed by atoms with Crippen molar-refractivity contribution in [2.24, 2.45) is 0 Å². The predicted molar refractivity (Wildman–Crippen MR) is 246 cm³/mol. The molecule has 0 fully saturated rings. The van der Waals surface area contributed by atoms with Crippen molar-refractivity contribution in [2.75, 3.05) is 36.3 Å². The lowest BCUT2D eigenvalue weighted by atomic mass is 9.81. The molecule has 0 unspecified atom stereocenters. The van der Waals surface area contributed by atoms with Crippen LogP contribution in [0.4, 0.5) is 60.7 Å². The van der Waals surface area contributed by atoms with E-state index in [0.29, 0.717) is 56.5 Å². The second-order valence-electron chi connectivity index (χ2n) is 15.1. The number of nitrogens with one attached hydrogen (secondary N) is 2. The third kappa shape index (κ3) is 15.0.